The first-order valence-electron chi connectivity index (χ1n) is 5.10. The van der Waals surface area contributed by atoms with Crippen molar-refractivity contribution in [2.24, 2.45) is 7.05 Å². The molecule has 5 heteroatoms. The van der Waals surface area contributed by atoms with E-state index in [9.17, 15) is 5.11 Å². The van der Waals surface area contributed by atoms with E-state index >= 15 is 0 Å². The molecule has 0 amide bonds. The van der Waals surface area contributed by atoms with Crippen molar-refractivity contribution in [3.63, 3.8) is 0 Å². The Morgan fingerprint density at radius 3 is 2.94 bits per heavy atom. The number of hydrogen-bond acceptors (Lipinski definition) is 4. The SMILES string of the molecule is Cc1ccncc1C(O)Cc1cn(C)nn1. The summed E-state index contributed by atoms with van der Waals surface area (Å²) in [6.45, 7) is 1.96. The molecule has 2 aromatic rings. The molecule has 1 unspecified atom stereocenters. The van der Waals surface area contributed by atoms with Crippen LogP contribution in [0, 0.1) is 6.92 Å². The second kappa shape index (κ2) is 4.40. The number of pyridine rings is 1. The van der Waals surface area contributed by atoms with E-state index in [0.29, 0.717) is 6.42 Å². The molecular formula is C11H14N4O. The van der Waals surface area contributed by atoms with Crippen LogP contribution in [-0.2, 0) is 13.5 Å². The lowest BCUT2D eigenvalue weighted by atomic mass is 10.0. The van der Waals surface area contributed by atoms with Crippen molar-refractivity contribution in [2.45, 2.75) is 19.4 Å². The maximum atomic E-state index is 10.0. The molecule has 0 aliphatic heterocycles. The number of nitrogens with zero attached hydrogens (tertiary/aromatic N) is 4. The van der Waals surface area contributed by atoms with Crippen LogP contribution in [0.5, 0.6) is 0 Å². The standard InChI is InChI=1S/C11H14N4O/c1-8-3-4-12-6-10(8)11(16)5-9-7-15(2)14-13-9/h3-4,6-7,11,16H,5H2,1-2H3. The molecular weight excluding hydrogens is 204 g/mol. The van der Waals surface area contributed by atoms with Crippen molar-refractivity contribution in [1.82, 2.24) is 20.0 Å². The zero-order valence-corrected chi connectivity index (χ0v) is 9.33. The summed E-state index contributed by atoms with van der Waals surface area (Å²) >= 11 is 0. The first-order valence-corrected chi connectivity index (χ1v) is 5.10. The van der Waals surface area contributed by atoms with E-state index in [0.717, 1.165) is 16.8 Å². The van der Waals surface area contributed by atoms with Crippen molar-refractivity contribution in [3.8, 4) is 0 Å². The topological polar surface area (TPSA) is 63.8 Å². The van der Waals surface area contributed by atoms with Crippen molar-refractivity contribution in [1.29, 1.82) is 0 Å². The number of aliphatic hydroxyl groups excluding tert-OH is 1. The zero-order valence-electron chi connectivity index (χ0n) is 9.33. The van der Waals surface area contributed by atoms with E-state index in [1.807, 2.05) is 13.0 Å². The van der Waals surface area contributed by atoms with Gasteiger partial charge in [-0.1, -0.05) is 5.21 Å². The van der Waals surface area contributed by atoms with Crippen molar-refractivity contribution >= 4 is 0 Å². The Morgan fingerprint density at radius 1 is 1.50 bits per heavy atom. The Hall–Kier alpha value is -1.75. The zero-order chi connectivity index (χ0) is 11.5. The highest BCUT2D eigenvalue weighted by molar-refractivity contribution is 5.24. The molecule has 0 aliphatic carbocycles. The van der Waals surface area contributed by atoms with Gasteiger partial charge in [0.2, 0.25) is 0 Å². The summed E-state index contributed by atoms with van der Waals surface area (Å²) in [5.74, 6) is 0. The monoisotopic (exact) mass is 218 g/mol. The quantitative estimate of drug-likeness (QED) is 0.827. The molecule has 0 radical (unpaired) electrons. The molecule has 1 atom stereocenters. The lowest BCUT2D eigenvalue weighted by Crippen LogP contribution is -2.04. The molecule has 5 nitrogen and oxygen atoms in total. The molecule has 16 heavy (non-hydrogen) atoms. The second-order valence-corrected chi connectivity index (χ2v) is 3.84. The van der Waals surface area contributed by atoms with E-state index in [2.05, 4.69) is 15.3 Å². The average molecular weight is 218 g/mol. The highest BCUT2D eigenvalue weighted by Gasteiger charge is 2.13. The first kappa shape index (κ1) is 10.8. The van der Waals surface area contributed by atoms with E-state index in [1.165, 1.54) is 0 Å². The average Bonchev–Trinajstić information content (AvgIpc) is 2.64. The predicted octanol–water partition coefficient (Wildman–Crippen LogP) is 0.795. The molecule has 1 N–H and O–H groups in total. The smallest absolute Gasteiger partial charge is 0.0864 e. The fourth-order valence-corrected chi connectivity index (χ4v) is 1.62. The van der Waals surface area contributed by atoms with Gasteiger partial charge in [0.05, 0.1) is 11.8 Å². The third-order valence-electron chi connectivity index (χ3n) is 2.49. The summed E-state index contributed by atoms with van der Waals surface area (Å²) in [6, 6.07) is 1.88. The van der Waals surface area contributed by atoms with Crippen LogP contribution in [-0.4, -0.2) is 25.1 Å². The lowest BCUT2D eigenvalue weighted by molar-refractivity contribution is 0.176. The van der Waals surface area contributed by atoms with Crippen LogP contribution in [0.1, 0.15) is 22.9 Å². The summed E-state index contributed by atoms with van der Waals surface area (Å²) in [5, 5.41) is 17.8. The van der Waals surface area contributed by atoms with Gasteiger partial charge in [-0.3, -0.25) is 9.67 Å². The van der Waals surface area contributed by atoms with E-state index in [4.69, 9.17) is 0 Å². The largest absolute Gasteiger partial charge is 0.388 e. The van der Waals surface area contributed by atoms with Crippen LogP contribution >= 0.6 is 0 Å². The molecule has 0 saturated heterocycles. The maximum Gasteiger partial charge on any atom is 0.0864 e. The van der Waals surface area contributed by atoms with Gasteiger partial charge in [-0.15, -0.1) is 5.10 Å². The Kier molecular flexibility index (Phi) is 2.96. The van der Waals surface area contributed by atoms with Gasteiger partial charge in [0.1, 0.15) is 0 Å². The van der Waals surface area contributed by atoms with Gasteiger partial charge in [-0.05, 0) is 18.6 Å². The Labute approximate surface area is 93.8 Å². The van der Waals surface area contributed by atoms with Crippen molar-refractivity contribution in [3.05, 3.63) is 41.5 Å². The van der Waals surface area contributed by atoms with Gasteiger partial charge in [0.15, 0.2) is 0 Å². The van der Waals surface area contributed by atoms with Crippen LogP contribution in [0.2, 0.25) is 0 Å². The number of aliphatic hydroxyl groups is 1. The normalized spacial score (nSPS) is 12.7. The Morgan fingerprint density at radius 2 is 2.31 bits per heavy atom. The summed E-state index contributed by atoms with van der Waals surface area (Å²) < 4.78 is 1.62. The molecule has 0 bridgehead atoms. The summed E-state index contributed by atoms with van der Waals surface area (Å²) in [5.41, 5.74) is 2.65. The number of aryl methyl sites for hydroxylation is 2. The molecule has 2 aromatic heterocycles. The second-order valence-electron chi connectivity index (χ2n) is 3.84. The Bertz CT molecular complexity index is 480. The molecule has 0 saturated carbocycles. The predicted molar refractivity (Wildman–Crippen MR) is 58.6 cm³/mol. The van der Waals surface area contributed by atoms with Crippen LogP contribution in [0.3, 0.4) is 0 Å². The molecule has 2 heterocycles. The van der Waals surface area contributed by atoms with Crippen molar-refractivity contribution < 1.29 is 5.11 Å². The number of hydrogen-bond donors (Lipinski definition) is 1. The Balaban J connectivity index is 2.14. The van der Waals surface area contributed by atoms with E-state index in [1.54, 1.807) is 30.3 Å². The van der Waals surface area contributed by atoms with E-state index < -0.39 is 6.10 Å². The third-order valence-corrected chi connectivity index (χ3v) is 2.49. The maximum absolute atomic E-state index is 10.0. The summed E-state index contributed by atoms with van der Waals surface area (Å²) in [7, 11) is 1.80. The molecule has 2 rings (SSSR count). The third kappa shape index (κ3) is 2.25. The van der Waals surface area contributed by atoms with Crippen LogP contribution < -0.4 is 0 Å². The van der Waals surface area contributed by atoms with Gasteiger partial charge >= 0.3 is 0 Å². The number of rotatable bonds is 3. The highest BCUT2D eigenvalue weighted by Crippen LogP contribution is 2.19. The minimum Gasteiger partial charge on any atom is -0.388 e. The minimum absolute atomic E-state index is 0.459. The lowest BCUT2D eigenvalue weighted by Gasteiger charge is -2.10. The van der Waals surface area contributed by atoms with Gasteiger partial charge in [-0.2, -0.15) is 0 Å². The van der Waals surface area contributed by atoms with Crippen molar-refractivity contribution in [2.75, 3.05) is 0 Å². The fraction of sp³-hybridized carbons (Fsp3) is 0.364. The van der Waals surface area contributed by atoms with Gasteiger partial charge in [0, 0.05) is 37.6 Å². The van der Waals surface area contributed by atoms with Crippen LogP contribution in [0.15, 0.2) is 24.7 Å². The van der Waals surface area contributed by atoms with Crippen LogP contribution in [0.4, 0.5) is 0 Å². The summed E-state index contributed by atoms with van der Waals surface area (Å²) in [4.78, 5) is 4.01. The van der Waals surface area contributed by atoms with Gasteiger partial charge in [-0.25, -0.2) is 0 Å². The fourth-order valence-electron chi connectivity index (χ4n) is 1.62. The van der Waals surface area contributed by atoms with Crippen LogP contribution in [0.25, 0.3) is 0 Å². The highest BCUT2D eigenvalue weighted by atomic mass is 16.3. The molecule has 0 fully saturated rings. The van der Waals surface area contributed by atoms with E-state index in [-0.39, 0.29) is 0 Å². The molecule has 0 aliphatic rings. The number of aromatic nitrogens is 4. The molecule has 0 aromatic carbocycles. The first-order chi connectivity index (χ1) is 7.66. The molecule has 0 spiro atoms. The minimum atomic E-state index is -0.578. The molecule has 84 valence electrons. The van der Waals surface area contributed by atoms with Gasteiger partial charge < -0.3 is 5.11 Å². The van der Waals surface area contributed by atoms with Gasteiger partial charge in [0.25, 0.3) is 0 Å². The summed E-state index contributed by atoms with van der Waals surface area (Å²) in [6.07, 6.45) is 5.09.